The van der Waals surface area contributed by atoms with Crippen LogP contribution in [-0.4, -0.2) is 41.5 Å². The molecule has 3 N–H and O–H groups in total. The summed E-state index contributed by atoms with van der Waals surface area (Å²) >= 11 is 0. The van der Waals surface area contributed by atoms with Crippen molar-refractivity contribution in [3.05, 3.63) is 59.7 Å². The lowest BCUT2D eigenvalue weighted by Crippen LogP contribution is -2.50. The van der Waals surface area contributed by atoms with Crippen LogP contribution in [0.1, 0.15) is 37.8 Å². The van der Waals surface area contributed by atoms with Gasteiger partial charge < -0.3 is 20.3 Å². The number of carbonyl (C=O) groups excluding carboxylic acids is 1. The largest absolute Gasteiger partial charge is 0.481 e. The molecule has 0 aliphatic heterocycles. The van der Waals surface area contributed by atoms with E-state index >= 15 is 0 Å². The summed E-state index contributed by atoms with van der Waals surface area (Å²) < 4.78 is 5.46. The quantitative estimate of drug-likeness (QED) is 0.692. The van der Waals surface area contributed by atoms with Crippen LogP contribution < -0.4 is 5.32 Å². The van der Waals surface area contributed by atoms with Crippen LogP contribution in [0.2, 0.25) is 0 Å². The van der Waals surface area contributed by atoms with Crippen molar-refractivity contribution in [2.75, 3.05) is 13.2 Å². The van der Waals surface area contributed by atoms with Crippen molar-refractivity contribution in [3.63, 3.8) is 0 Å². The lowest BCUT2D eigenvalue weighted by Gasteiger charge is -2.33. The van der Waals surface area contributed by atoms with Crippen LogP contribution in [0.5, 0.6) is 0 Å². The molecular weight excluding hydrogens is 370 g/mol. The Morgan fingerprint density at radius 3 is 2.00 bits per heavy atom. The molecule has 2 aromatic carbocycles. The number of aliphatic hydroxyl groups excluding tert-OH is 1. The van der Waals surface area contributed by atoms with E-state index in [1.165, 1.54) is 0 Å². The zero-order chi connectivity index (χ0) is 21.2. The maximum Gasteiger partial charge on any atom is 0.407 e. The zero-order valence-electron chi connectivity index (χ0n) is 16.9. The summed E-state index contributed by atoms with van der Waals surface area (Å²) in [6, 6.07) is 15.1. The van der Waals surface area contributed by atoms with Gasteiger partial charge >= 0.3 is 12.1 Å². The van der Waals surface area contributed by atoms with Crippen molar-refractivity contribution < 1.29 is 24.5 Å². The number of alkyl carbamates (subject to hydrolysis) is 1. The molecule has 0 spiro atoms. The number of hydrogen-bond acceptors (Lipinski definition) is 4. The van der Waals surface area contributed by atoms with Crippen molar-refractivity contribution in [3.8, 4) is 11.1 Å². The molecule has 0 fully saturated rings. The number of ether oxygens (including phenoxy) is 1. The van der Waals surface area contributed by atoms with Crippen LogP contribution in [0.25, 0.3) is 11.1 Å². The highest BCUT2D eigenvalue weighted by atomic mass is 16.5. The normalized spacial score (nSPS) is 15.2. The van der Waals surface area contributed by atoms with Crippen LogP contribution in [0.4, 0.5) is 4.79 Å². The molecule has 2 atom stereocenters. The van der Waals surface area contributed by atoms with E-state index in [4.69, 9.17) is 4.74 Å². The van der Waals surface area contributed by atoms with Gasteiger partial charge in [0.2, 0.25) is 0 Å². The summed E-state index contributed by atoms with van der Waals surface area (Å²) in [5.41, 5.74) is 3.81. The van der Waals surface area contributed by atoms with Gasteiger partial charge in [0.25, 0.3) is 0 Å². The predicted molar refractivity (Wildman–Crippen MR) is 110 cm³/mol. The van der Waals surface area contributed by atoms with Gasteiger partial charge in [-0.1, -0.05) is 69.3 Å². The Kier molecular flexibility index (Phi) is 5.94. The van der Waals surface area contributed by atoms with E-state index in [1.807, 2.05) is 36.4 Å². The number of nitrogens with one attached hydrogen (secondary N) is 1. The fourth-order valence-electron chi connectivity index (χ4n) is 4.17. The Morgan fingerprint density at radius 1 is 1.03 bits per heavy atom. The molecule has 154 valence electrons. The molecule has 0 heterocycles. The van der Waals surface area contributed by atoms with Crippen LogP contribution >= 0.6 is 0 Å². The van der Waals surface area contributed by atoms with E-state index in [-0.39, 0.29) is 12.5 Å². The van der Waals surface area contributed by atoms with E-state index in [9.17, 15) is 19.8 Å². The van der Waals surface area contributed by atoms with Gasteiger partial charge in [-0.05, 0) is 27.7 Å². The number of benzene rings is 2. The summed E-state index contributed by atoms with van der Waals surface area (Å²) in [7, 11) is 0. The van der Waals surface area contributed by atoms with Gasteiger partial charge in [0.05, 0.1) is 18.6 Å². The molecular formula is C23H27NO5. The van der Waals surface area contributed by atoms with Gasteiger partial charge in [-0.15, -0.1) is 0 Å². The van der Waals surface area contributed by atoms with Gasteiger partial charge in [-0.3, -0.25) is 4.79 Å². The number of aliphatic hydroxyl groups is 1. The third-order valence-corrected chi connectivity index (χ3v) is 5.45. The monoisotopic (exact) mass is 397 g/mol. The highest BCUT2D eigenvalue weighted by Gasteiger charge is 2.39. The molecule has 29 heavy (non-hydrogen) atoms. The zero-order valence-corrected chi connectivity index (χ0v) is 16.9. The summed E-state index contributed by atoms with van der Waals surface area (Å²) in [6.45, 7) is 4.92. The first kappa shape index (κ1) is 20.9. The summed E-state index contributed by atoms with van der Waals surface area (Å²) in [5, 5.41) is 21.7. The third kappa shape index (κ3) is 4.27. The van der Waals surface area contributed by atoms with Crippen molar-refractivity contribution in [1.82, 2.24) is 5.32 Å². The molecule has 2 aromatic rings. The Hall–Kier alpha value is -2.86. The van der Waals surface area contributed by atoms with E-state index < -0.39 is 36.0 Å². The summed E-state index contributed by atoms with van der Waals surface area (Å²) in [5.74, 6) is -2.11. The Balaban J connectivity index is 1.72. The van der Waals surface area contributed by atoms with E-state index in [2.05, 4.69) is 17.4 Å². The molecule has 0 saturated heterocycles. The fourth-order valence-corrected chi connectivity index (χ4v) is 4.17. The van der Waals surface area contributed by atoms with Crippen molar-refractivity contribution >= 4 is 12.1 Å². The van der Waals surface area contributed by atoms with Crippen LogP contribution in [-0.2, 0) is 9.53 Å². The first-order chi connectivity index (χ1) is 13.7. The standard InChI is InChI=1S/C23H27NO5/c1-23(2,3)20(21(26)27)19(12-25)24-22(28)29-13-18-16-10-6-4-8-14(16)15-9-5-7-11-17(15)18/h4-11,18-20,25H,12-13H2,1-3H3,(H,24,28)(H,26,27)/t19-,20?/m0/s1. The predicted octanol–water partition coefficient (Wildman–Crippen LogP) is 3.63. The lowest BCUT2D eigenvalue weighted by atomic mass is 9.76. The summed E-state index contributed by atoms with van der Waals surface area (Å²) in [4.78, 5) is 24.1. The van der Waals surface area contributed by atoms with Gasteiger partial charge in [-0.25, -0.2) is 4.79 Å². The number of aliphatic carboxylic acids is 1. The maximum absolute atomic E-state index is 12.4. The lowest BCUT2D eigenvalue weighted by molar-refractivity contribution is -0.147. The van der Waals surface area contributed by atoms with E-state index in [0.717, 1.165) is 22.3 Å². The average molecular weight is 397 g/mol. The van der Waals surface area contributed by atoms with Gasteiger partial charge in [-0.2, -0.15) is 0 Å². The highest BCUT2D eigenvalue weighted by molar-refractivity contribution is 5.79. The second-order valence-electron chi connectivity index (χ2n) is 8.44. The fraction of sp³-hybridized carbons (Fsp3) is 0.391. The molecule has 6 heteroatoms. The SMILES string of the molecule is CC(C)(C)C(C(=O)O)[C@H](CO)NC(=O)OCC1c2ccccc2-c2ccccc21. The first-order valence-electron chi connectivity index (χ1n) is 9.69. The Labute approximate surface area is 170 Å². The number of hydrogen-bond donors (Lipinski definition) is 3. The number of carboxylic acids is 1. The number of rotatable bonds is 6. The number of carboxylic acid groups (broad SMARTS) is 1. The van der Waals surface area contributed by atoms with Crippen LogP contribution in [0, 0.1) is 11.3 Å². The van der Waals surface area contributed by atoms with E-state index in [1.54, 1.807) is 20.8 Å². The topological polar surface area (TPSA) is 95.9 Å². The molecule has 0 saturated carbocycles. The van der Waals surface area contributed by atoms with E-state index in [0.29, 0.717) is 0 Å². The highest BCUT2D eigenvalue weighted by Crippen LogP contribution is 2.44. The maximum atomic E-state index is 12.4. The third-order valence-electron chi connectivity index (χ3n) is 5.45. The molecule has 1 amide bonds. The number of fused-ring (bicyclic) bond motifs is 3. The summed E-state index contributed by atoms with van der Waals surface area (Å²) in [6.07, 6.45) is -0.735. The first-order valence-corrected chi connectivity index (χ1v) is 9.69. The number of amides is 1. The smallest absolute Gasteiger partial charge is 0.407 e. The molecule has 3 rings (SSSR count). The average Bonchev–Trinajstić information content (AvgIpc) is 2.98. The van der Waals surface area contributed by atoms with Crippen LogP contribution in [0.3, 0.4) is 0 Å². The minimum absolute atomic E-state index is 0.0846. The molecule has 0 radical (unpaired) electrons. The molecule has 1 aliphatic rings. The molecule has 0 aromatic heterocycles. The van der Waals surface area contributed by atoms with Crippen molar-refractivity contribution in [2.45, 2.75) is 32.7 Å². The molecule has 6 nitrogen and oxygen atoms in total. The van der Waals surface area contributed by atoms with Crippen molar-refractivity contribution in [2.24, 2.45) is 11.3 Å². The second-order valence-corrected chi connectivity index (χ2v) is 8.44. The minimum Gasteiger partial charge on any atom is -0.481 e. The van der Waals surface area contributed by atoms with Gasteiger partial charge in [0, 0.05) is 5.92 Å². The second kappa shape index (κ2) is 8.25. The van der Waals surface area contributed by atoms with Crippen LogP contribution in [0.15, 0.2) is 48.5 Å². The minimum atomic E-state index is -1.07. The Morgan fingerprint density at radius 2 is 1.55 bits per heavy atom. The Bertz CT molecular complexity index is 857. The van der Waals surface area contributed by atoms with Crippen molar-refractivity contribution in [1.29, 1.82) is 0 Å². The molecule has 1 aliphatic carbocycles. The molecule has 0 bridgehead atoms. The van der Waals surface area contributed by atoms with Gasteiger partial charge in [0.15, 0.2) is 0 Å². The van der Waals surface area contributed by atoms with Gasteiger partial charge in [0.1, 0.15) is 6.61 Å². The molecule has 1 unspecified atom stereocenters. The number of carbonyl (C=O) groups is 2.